The lowest BCUT2D eigenvalue weighted by Gasteiger charge is -2.26. The molecule has 0 spiro atoms. The van der Waals surface area contributed by atoms with Crippen molar-refractivity contribution in [2.45, 2.75) is 45.2 Å². The molecule has 0 saturated heterocycles. The minimum atomic E-state index is -3.59. The van der Waals surface area contributed by atoms with Gasteiger partial charge in [-0.2, -0.15) is 9.40 Å². The number of rotatable bonds is 5. The van der Waals surface area contributed by atoms with E-state index < -0.39 is 10.0 Å². The lowest BCUT2D eigenvalue weighted by molar-refractivity contribution is 0.347. The number of nitrogens with zero attached hydrogens (tertiary/aromatic N) is 3. The molecule has 0 aliphatic carbocycles. The van der Waals surface area contributed by atoms with Crippen LogP contribution in [0.5, 0.6) is 0 Å². The van der Waals surface area contributed by atoms with Crippen LogP contribution in [0.15, 0.2) is 35.2 Å². The normalized spacial score (nSPS) is 12.3. The Bertz CT molecular complexity index is 749. The van der Waals surface area contributed by atoms with Crippen molar-refractivity contribution >= 4 is 10.0 Å². The first-order chi connectivity index (χ1) is 10.2. The molecule has 0 unspecified atom stereocenters. The molecular weight excluding hydrogens is 298 g/mol. The van der Waals surface area contributed by atoms with E-state index in [0.29, 0.717) is 22.8 Å². The Morgan fingerprint density at radius 3 is 2.23 bits per heavy atom. The molecule has 0 atom stereocenters. The van der Waals surface area contributed by atoms with Crippen molar-refractivity contribution in [2.24, 2.45) is 7.05 Å². The third-order valence-electron chi connectivity index (χ3n) is 3.77. The van der Waals surface area contributed by atoms with Gasteiger partial charge in [0, 0.05) is 19.6 Å². The van der Waals surface area contributed by atoms with E-state index in [2.05, 4.69) is 5.10 Å². The molecule has 1 heterocycles. The van der Waals surface area contributed by atoms with Crippen LogP contribution in [0.3, 0.4) is 0 Å². The Morgan fingerprint density at radius 2 is 1.77 bits per heavy atom. The van der Waals surface area contributed by atoms with Gasteiger partial charge in [-0.3, -0.25) is 4.68 Å². The molecular formula is C16H23N3O2S. The largest absolute Gasteiger partial charge is 0.271 e. The highest BCUT2D eigenvalue weighted by Crippen LogP contribution is 2.26. The van der Waals surface area contributed by atoms with Gasteiger partial charge < -0.3 is 0 Å². The smallest absolute Gasteiger partial charge is 0.247 e. The molecule has 0 saturated carbocycles. The summed E-state index contributed by atoms with van der Waals surface area (Å²) in [7, 11) is -1.83. The topological polar surface area (TPSA) is 55.2 Å². The first kappa shape index (κ1) is 16.7. The summed E-state index contributed by atoms with van der Waals surface area (Å²) in [6.45, 7) is 7.66. The summed E-state index contributed by atoms with van der Waals surface area (Å²) in [5.74, 6) is 0. The summed E-state index contributed by atoms with van der Waals surface area (Å²) in [6.07, 6.45) is 0. The van der Waals surface area contributed by atoms with E-state index in [0.717, 1.165) is 5.56 Å². The molecule has 0 fully saturated rings. The second-order valence-corrected chi connectivity index (χ2v) is 7.58. The highest BCUT2D eigenvalue weighted by Gasteiger charge is 2.32. The van der Waals surface area contributed by atoms with Crippen LogP contribution >= 0.6 is 0 Å². The number of aromatic nitrogens is 2. The van der Waals surface area contributed by atoms with Gasteiger partial charge in [-0.15, -0.1) is 0 Å². The minimum absolute atomic E-state index is 0.135. The number of hydrogen-bond donors (Lipinski definition) is 0. The molecule has 0 amide bonds. The van der Waals surface area contributed by atoms with E-state index in [1.807, 2.05) is 44.2 Å². The Morgan fingerprint density at radius 1 is 1.18 bits per heavy atom. The second kappa shape index (κ2) is 6.22. The average Bonchev–Trinajstić information content (AvgIpc) is 2.70. The number of sulfonamides is 1. The van der Waals surface area contributed by atoms with Crippen LogP contribution in [-0.4, -0.2) is 28.5 Å². The zero-order chi connectivity index (χ0) is 16.5. The zero-order valence-corrected chi connectivity index (χ0v) is 14.6. The van der Waals surface area contributed by atoms with Crippen molar-refractivity contribution in [1.29, 1.82) is 0 Å². The van der Waals surface area contributed by atoms with E-state index in [1.165, 1.54) is 4.31 Å². The highest BCUT2D eigenvalue weighted by atomic mass is 32.2. The van der Waals surface area contributed by atoms with E-state index in [4.69, 9.17) is 0 Å². The number of hydrogen-bond acceptors (Lipinski definition) is 3. The van der Waals surface area contributed by atoms with Gasteiger partial charge in [-0.25, -0.2) is 8.42 Å². The van der Waals surface area contributed by atoms with Crippen molar-refractivity contribution < 1.29 is 8.42 Å². The van der Waals surface area contributed by atoms with Gasteiger partial charge in [0.05, 0.1) is 11.4 Å². The van der Waals surface area contributed by atoms with Gasteiger partial charge in [-0.05, 0) is 33.3 Å². The van der Waals surface area contributed by atoms with E-state index in [9.17, 15) is 8.42 Å². The summed E-state index contributed by atoms with van der Waals surface area (Å²) < 4.78 is 29.4. The monoisotopic (exact) mass is 321 g/mol. The first-order valence-electron chi connectivity index (χ1n) is 7.31. The predicted molar refractivity (Wildman–Crippen MR) is 87.0 cm³/mol. The SMILES string of the molecule is Cc1nn(C)c(C)c1S(=O)(=O)N(Cc1ccccc1)C(C)C. The molecule has 0 radical (unpaired) electrons. The fourth-order valence-corrected chi connectivity index (χ4v) is 4.58. The first-order valence-corrected chi connectivity index (χ1v) is 8.75. The van der Waals surface area contributed by atoms with Crippen LogP contribution in [0.25, 0.3) is 0 Å². The van der Waals surface area contributed by atoms with E-state index in [1.54, 1.807) is 25.6 Å². The van der Waals surface area contributed by atoms with Gasteiger partial charge in [0.1, 0.15) is 4.90 Å². The molecule has 2 aromatic rings. The van der Waals surface area contributed by atoms with Crippen LogP contribution in [0, 0.1) is 13.8 Å². The van der Waals surface area contributed by atoms with Crippen LogP contribution in [0.1, 0.15) is 30.8 Å². The molecule has 5 nitrogen and oxygen atoms in total. The van der Waals surface area contributed by atoms with Gasteiger partial charge in [0.15, 0.2) is 0 Å². The van der Waals surface area contributed by atoms with Gasteiger partial charge in [0.2, 0.25) is 10.0 Å². The minimum Gasteiger partial charge on any atom is -0.271 e. The Labute approximate surface area is 132 Å². The summed E-state index contributed by atoms with van der Waals surface area (Å²) in [4.78, 5) is 0.319. The molecule has 22 heavy (non-hydrogen) atoms. The molecule has 6 heteroatoms. The maximum Gasteiger partial charge on any atom is 0.247 e. The summed E-state index contributed by atoms with van der Waals surface area (Å²) in [5, 5.41) is 4.24. The fourth-order valence-electron chi connectivity index (χ4n) is 2.55. The summed E-state index contributed by atoms with van der Waals surface area (Å²) >= 11 is 0. The van der Waals surface area contributed by atoms with Crippen molar-refractivity contribution in [3.63, 3.8) is 0 Å². The third kappa shape index (κ3) is 3.08. The predicted octanol–water partition coefficient (Wildman–Crippen LogP) is 2.64. The molecule has 0 aliphatic heterocycles. The maximum absolute atomic E-state index is 13.1. The van der Waals surface area contributed by atoms with E-state index >= 15 is 0 Å². The summed E-state index contributed by atoms with van der Waals surface area (Å²) in [5.41, 5.74) is 2.17. The highest BCUT2D eigenvalue weighted by molar-refractivity contribution is 7.89. The summed E-state index contributed by atoms with van der Waals surface area (Å²) in [6, 6.07) is 9.50. The van der Waals surface area contributed by atoms with Crippen LogP contribution < -0.4 is 0 Å². The molecule has 0 N–H and O–H groups in total. The van der Waals surface area contributed by atoms with Gasteiger partial charge >= 0.3 is 0 Å². The van der Waals surface area contributed by atoms with Crippen LogP contribution in [0.2, 0.25) is 0 Å². The maximum atomic E-state index is 13.1. The average molecular weight is 321 g/mol. The molecule has 1 aromatic heterocycles. The van der Waals surface area contributed by atoms with Crippen molar-refractivity contribution in [1.82, 2.24) is 14.1 Å². The van der Waals surface area contributed by atoms with Gasteiger partial charge in [0.25, 0.3) is 0 Å². The Kier molecular flexibility index (Phi) is 4.72. The zero-order valence-electron chi connectivity index (χ0n) is 13.7. The lowest BCUT2D eigenvalue weighted by Crippen LogP contribution is -2.36. The van der Waals surface area contributed by atoms with Crippen molar-refractivity contribution in [3.05, 3.63) is 47.3 Å². The number of benzene rings is 1. The molecule has 1 aromatic carbocycles. The lowest BCUT2D eigenvalue weighted by atomic mass is 10.2. The number of aryl methyl sites for hydroxylation is 2. The van der Waals surface area contributed by atoms with Crippen molar-refractivity contribution in [2.75, 3.05) is 0 Å². The Balaban J connectivity index is 2.47. The van der Waals surface area contributed by atoms with E-state index in [-0.39, 0.29) is 6.04 Å². The van der Waals surface area contributed by atoms with Crippen LogP contribution in [-0.2, 0) is 23.6 Å². The quantitative estimate of drug-likeness (QED) is 0.850. The van der Waals surface area contributed by atoms with Gasteiger partial charge in [-0.1, -0.05) is 30.3 Å². The van der Waals surface area contributed by atoms with Crippen LogP contribution in [0.4, 0.5) is 0 Å². The standard InChI is InChI=1S/C16H23N3O2S/c1-12(2)19(11-15-9-7-6-8-10-15)22(20,21)16-13(3)17-18(5)14(16)4/h6-10,12H,11H2,1-5H3. The molecule has 120 valence electrons. The third-order valence-corrected chi connectivity index (χ3v) is 6.04. The van der Waals surface area contributed by atoms with Crippen molar-refractivity contribution in [3.8, 4) is 0 Å². The molecule has 0 bridgehead atoms. The fraction of sp³-hybridized carbons (Fsp3) is 0.438. The molecule has 2 rings (SSSR count). The second-order valence-electron chi connectivity index (χ2n) is 5.75. The Hall–Kier alpha value is -1.66. The molecule has 0 aliphatic rings.